The summed E-state index contributed by atoms with van der Waals surface area (Å²) in [5, 5.41) is 0. The van der Waals surface area contributed by atoms with Gasteiger partial charge in [0.2, 0.25) is 0 Å². The first-order chi connectivity index (χ1) is 19.3. The molecular formula is C32H49KO7S. The molecule has 0 aliphatic heterocycles. The Kier molecular flexibility index (Phi) is 25.2. The molecule has 0 fully saturated rings. The molecule has 0 spiro atoms. The van der Waals surface area contributed by atoms with Gasteiger partial charge in [0.1, 0.15) is 10.1 Å². The van der Waals surface area contributed by atoms with Gasteiger partial charge in [0.25, 0.3) is 0 Å². The Hall–Kier alpha value is -0.814. The first-order valence-corrected chi connectivity index (χ1v) is 16.5. The van der Waals surface area contributed by atoms with E-state index < -0.39 is 32.5 Å². The van der Waals surface area contributed by atoms with Crippen LogP contribution in [0.3, 0.4) is 0 Å². The summed E-state index contributed by atoms with van der Waals surface area (Å²) in [5.41, 5.74) is -0.847. The summed E-state index contributed by atoms with van der Waals surface area (Å²) in [6.07, 6.45) is 25.2. The Labute approximate surface area is 291 Å². The molecule has 0 aliphatic carbocycles. The molecule has 0 heterocycles. The molecule has 1 aromatic carbocycles. The van der Waals surface area contributed by atoms with E-state index in [-0.39, 0.29) is 70.2 Å². The van der Waals surface area contributed by atoms with Crippen LogP contribution in [0.1, 0.15) is 137 Å². The van der Waals surface area contributed by atoms with E-state index in [0.717, 1.165) is 31.7 Å². The van der Waals surface area contributed by atoms with Gasteiger partial charge in [-0.1, -0.05) is 95.6 Å². The second-order valence-electron chi connectivity index (χ2n) is 10.0. The van der Waals surface area contributed by atoms with Crippen molar-refractivity contribution in [3.05, 3.63) is 53.6 Å². The molecule has 7 nitrogen and oxygen atoms in total. The van der Waals surface area contributed by atoms with E-state index >= 15 is 0 Å². The molecule has 0 saturated carbocycles. The van der Waals surface area contributed by atoms with Crippen LogP contribution in [0.25, 0.3) is 0 Å². The Balaban J connectivity index is 0.0000160. The van der Waals surface area contributed by atoms with Crippen LogP contribution in [-0.2, 0) is 19.6 Å². The molecule has 0 unspecified atom stereocenters. The van der Waals surface area contributed by atoms with Crippen LogP contribution in [0.5, 0.6) is 0 Å². The number of rotatable bonds is 23. The van der Waals surface area contributed by atoms with Crippen molar-refractivity contribution >= 4 is 22.1 Å². The molecule has 0 radical (unpaired) electrons. The van der Waals surface area contributed by atoms with E-state index in [2.05, 4.69) is 32.1 Å². The first-order valence-electron chi connectivity index (χ1n) is 15.1. The quantitative estimate of drug-likeness (QED) is 0.0539. The van der Waals surface area contributed by atoms with Crippen LogP contribution in [0.15, 0.2) is 47.4 Å². The molecule has 0 N–H and O–H groups in total. The van der Waals surface area contributed by atoms with Crippen molar-refractivity contribution < 1.29 is 83.4 Å². The van der Waals surface area contributed by atoms with Gasteiger partial charge in [-0.15, -0.1) is 0 Å². The first kappa shape index (κ1) is 40.2. The molecule has 41 heavy (non-hydrogen) atoms. The number of hydrogen-bond acceptors (Lipinski definition) is 7. The second kappa shape index (κ2) is 25.7. The number of esters is 2. The molecule has 1 rings (SSSR count). The molecular weight excluding hydrogens is 568 g/mol. The van der Waals surface area contributed by atoms with Gasteiger partial charge in [-0.2, -0.15) is 0 Å². The number of allylic oxidation sites excluding steroid dienone is 4. The minimum Gasteiger partial charge on any atom is -0.744 e. The van der Waals surface area contributed by atoms with Crippen molar-refractivity contribution in [3.8, 4) is 0 Å². The number of hydrogen-bond donors (Lipinski definition) is 0. The van der Waals surface area contributed by atoms with Crippen molar-refractivity contribution in [2.75, 3.05) is 13.2 Å². The van der Waals surface area contributed by atoms with E-state index in [1.54, 1.807) is 0 Å². The fraction of sp³-hybridized carbons (Fsp3) is 0.625. The van der Waals surface area contributed by atoms with Crippen LogP contribution in [-0.4, -0.2) is 38.1 Å². The zero-order valence-electron chi connectivity index (χ0n) is 25.5. The maximum Gasteiger partial charge on any atom is 1.00 e. The van der Waals surface area contributed by atoms with E-state index in [1.165, 1.54) is 69.9 Å². The largest absolute Gasteiger partial charge is 1.00 e. The van der Waals surface area contributed by atoms with Crippen LogP contribution in [0.4, 0.5) is 0 Å². The zero-order chi connectivity index (χ0) is 29.5. The topological polar surface area (TPSA) is 110 Å². The normalized spacial score (nSPS) is 11.6. The van der Waals surface area contributed by atoms with Crippen molar-refractivity contribution in [3.63, 3.8) is 0 Å². The summed E-state index contributed by atoms with van der Waals surface area (Å²) in [5.74, 6) is -1.89. The Morgan fingerprint density at radius 1 is 0.683 bits per heavy atom. The van der Waals surface area contributed by atoms with Gasteiger partial charge in [0.05, 0.1) is 29.2 Å². The molecule has 0 bridgehead atoms. The molecule has 0 aromatic heterocycles. The van der Waals surface area contributed by atoms with E-state index in [1.807, 2.05) is 6.08 Å². The average Bonchev–Trinajstić information content (AvgIpc) is 2.93. The van der Waals surface area contributed by atoms with Gasteiger partial charge in [0.15, 0.2) is 0 Å². The maximum absolute atomic E-state index is 12.8. The van der Waals surface area contributed by atoms with E-state index in [9.17, 15) is 22.6 Å². The van der Waals surface area contributed by atoms with Gasteiger partial charge >= 0.3 is 63.3 Å². The SMILES string of the molecule is CCCCCCC/C=C/CCCOC(=O)c1cccc(S(=O)(=O)[O-])c1C(=O)OCCC/C=C/CCCCCCC.[K+]. The van der Waals surface area contributed by atoms with Crippen LogP contribution in [0.2, 0.25) is 0 Å². The van der Waals surface area contributed by atoms with Gasteiger partial charge in [0, 0.05) is 0 Å². The van der Waals surface area contributed by atoms with Crippen molar-refractivity contribution in [2.45, 2.75) is 121 Å². The maximum atomic E-state index is 12.8. The van der Waals surface area contributed by atoms with Crippen LogP contribution >= 0.6 is 0 Å². The third kappa shape index (κ3) is 19.2. The average molecular weight is 617 g/mol. The molecule has 0 saturated heterocycles. The smallest absolute Gasteiger partial charge is 0.744 e. The molecule has 9 heteroatoms. The fourth-order valence-electron chi connectivity index (χ4n) is 4.21. The van der Waals surface area contributed by atoms with Gasteiger partial charge in [-0.05, 0) is 63.5 Å². The summed E-state index contributed by atoms with van der Waals surface area (Å²) in [6, 6.07) is 3.52. The van der Waals surface area contributed by atoms with Crippen LogP contribution in [0, 0.1) is 0 Å². The van der Waals surface area contributed by atoms with Crippen molar-refractivity contribution in [2.24, 2.45) is 0 Å². The van der Waals surface area contributed by atoms with E-state index in [0.29, 0.717) is 19.3 Å². The predicted octanol–water partition coefficient (Wildman–Crippen LogP) is 5.30. The Morgan fingerprint density at radius 2 is 1.12 bits per heavy atom. The van der Waals surface area contributed by atoms with Gasteiger partial charge in [-0.25, -0.2) is 18.0 Å². The second-order valence-corrected chi connectivity index (χ2v) is 11.4. The van der Waals surface area contributed by atoms with Crippen LogP contribution < -0.4 is 51.4 Å². The number of carbonyl (C=O) groups excluding carboxylic acids is 2. The summed E-state index contributed by atoms with van der Waals surface area (Å²) >= 11 is 0. The summed E-state index contributed by atoms with van der Waals surface area (Å²) < 4.78 is 46.0. The monoisotopic (exact) mass is 616 g/mol. The van der Waals surface area contributed by atoms with Gasteiger partial charge in [-0.3, -0.25) is 0 Å². The minimum absolute atomic E-state index is 0. The number of unbranched alkanes of at least 4 members (excludes halogenated alkanes) is 12. The summed E-state index contributed by atoms with van der Waals surface area (Å²) in [7, 11) is -5.01. The molecule has 226 valence electrons. The predicted molar refractivity (Wildman–Crippen MR) is 158 cm³/mol. The third-order valence-electron chi connectivity index (χ3n) is 6.50. The fourth-order valence-corrected chi connectivity index (χ4v) is 4.89. The van der Waals surface area contributed by atoms with Crippen molar-refractivity contribution in [1.29, 1.82) is 0 Å². The summed E-state index contributed by atoms with van der Waals surface area (Å²) in [6.45, 7) is 4.52. The number of carbonyl (C=O) groups is 2. The molecule has 0 atom stereocenters. The van der Waals surface area contributed by atoms with Gasteiger partial charge < -0.3 is 14.0 Å². The number of ether oxygens (including phenoxy) is 2. The Morgan fingerprint density at radius 3 is 1.59 bits per heavy atom. The van der Waals surface area contributed by atoms with E-state index in [4.69, 9.17) is 9.47 Å². The minimum atomic E-state index is -5.01. The standard InChI is InChI=1S/C32H50O7S.K/c1-3-5-7-9-11-13-15-17-19-21-26-38-31(33)28-24-23-25-29(40(35,36)37)30(28)32(34)39-27-22-20-18-16-14-12-10-8-6-4-2;/h15-18,23-25H,3-14,19-22,26-27H2,1-2H3,(H,35,36,37);/q;+1/p-1/b17-15+,18-16+;. The third-order valence-corrected chi connectivity index (χ3v) is 7.38. The number of benzene rings is 1. The Bertz CT molecular complexity index is 1020. The van der Waals surface area contributed by atoms with Crippen molar-refractivity contribution in [1.82, 2.24) is 0 Å². The zero-order valence-corrected chi connectivity index (χ0v) is 29.5. The molecule has 1 aromatic rings. The molecule has 0 aliphatic rings. The molecule has 0 amide bonds. The summed E-state index contributed by atoms with van der Waals surface area (Å²) in [4.78, 5) is 24.7.